The van der Waals surface area contributed by atoms with Gasteiger partial charge in [-0.1, -0.05) is 17.7 Å². The van der Waals surface area contributed by atoms with Crippen molar-refractivity contribution in [1.29, 1.82) is 5.26 Å². The minimum Gasteiger partial charge on any atom is -0.379 e. The van der Waals surface area contributed by atoms with Crippen molar-refractivity contribution in [2.45, 2.75) is 6.54 Å². The lowest BCUT2D eigenvalue weighted by Crippen LogP contribution is -2.11. The average molecular weight is 304 g/mol. The zero-order valence-electron chi connectivity index (χ0n) is 10.9. The van der Waals surface area contributed by atoms with Crippen LogP contribution in [-0.2, 0) is 6.54 Å². The third-order valence-corrected chi connectivity index (χ3v) is 3.26. The second kappa shape index (κ2) is 6.25. The van der Waals surface area contributed by atoms with Crippen molar-refractivity contribution >= 4 is 23.2 Å². The number of nitrogens with one attached hydrogen (secondary N) is 1. The number of nitrogens with zero attached hydrogens (tertiary/aromatic N) is 1. The van der Waals surface area contributed by atoms with E-state index in [1.165, 1.54) is 18.2 Å². The van der Waals surface area contributed by atoms with Gasteiger partial charge < -0.3 is 11.1 Å². The summed E-state index contributed by atoms with van der Waals surface area (Å²) in [5, 5.41) is 11.9. The predicted molar refractivity (Wildman–Crippen MR) is 78.4 cm³/mol. The van der Waals surface area contributed by atoms with Gasteiger partial charge in [0.2, 0.25) is 5.91 Å². The third-order valence-electron chi connectivity index (χ3n) is 2.91. The molecule has 2 rings (SSSR count). The number of nitrogens with two attached hydrogens (primary N) is 1. The Hall–Kier alpha value is -2.58. The average Bonchev–Trinajstić information content (AvgIpc) is 2.46. The zero-order valence-corrected chi connectivity index (χ0v) is 11.6. The van der Waals surface area contributed by atoms with Gasteiger partial charge in [0, 0.05) is 17.1 Å². The van der Waals surface area contributed by atoms with Crippen molar-refractivity contribution in [2.24, 2.45) is 5.73 Å². The fourth-order valence-electron chi connectivity index (χ4n) is 1.76. The molecule has 0 fully saturated rings. The van der Waals surface area contributed by atoms with E-state index in [4.69, 9.17) is 22.6 Å². The number of carbonyl (C=O) groups excluding carboxylic acids is 1. The van der Waals surface area contributed by atoms with Crippen LogP contribution < -0.4 is 11.1 Å². The highest BCUT2D eigenvalue weighted by Gasteiger charge is 2.07. The molecular weight excluding hydrogens is 293 g/mol. The Kier molecular flexibility index (Phi) is 4.41. The summed E-state index contributed by atoms with van der Waals surface area (Å²) in [4.78, 5) is 11.0. The van der Waals surface area contributed by atoms with E-state index in [0.29, 0.717) is 16.1 Å². The summed E-state index contributed by atoms with van der Waals surface area (Å²) in [6.07, 6.45) is 0. The fourth-order valence-corrected chi connectivity index (χ4v) is 2.01. The number of primary amides is 1. The Morgan fingerprint density at radius 2 is 2.10 bits per heavy atom. The quantitative estimate of drug-likeness (QED) is 0.911. The number of halogens is 2. The van der Waals surface area contributed by atoms with E-state index in [1.807, 2.05) is 6.07 Å². The highest BCUT2D eigenvalue weighted by atomic mass is 35.5. The standard InChI is InChI=1S/C15H11ClFN3O/c16-12-6-10(15(19)21)2-3-11(12)8-20-14-4-1-9(7-18)5-13(14)17/h1-6,20H,8H2,(H2,19,21). The number of benzene rings is 2. The number of hydrogen-bond donors (Lipinski definition) is 2. The second-order valence-electron chi connectivity index (χ2n) is 4.33. The molecule has 0 radical (unpaired) electrons. The van der Waals surface area contributed by atoms with Gasteiger partial charge in [-0.3, -0.25) is 4.79 Å². The van der Waals surface area contributed by atoms with Crippen LogP contribution in [0.1, 0.15) is 21.5 Å². The molecule has 4 nitrogen and oxygen atoms in total. The Labute approximate surface area is 125 Å². The number of nitriles is 1. The molecule has 2 aromatic rings. The van der Waals surface area contributed by atoms with E-state index in [2.05, 4.69) is 5.32 Å². The second-order valence-corrected chi connectivity index (χ2v) is 4.74. The van der Waals surface area contributed by atoms with Gasteiger partial charge in [-0.2, -0.15) is 5.26 Å². The molecule has 0 aliphatic rings. The molecule has 1 amide bonds. The number of carbonyl (C=O) groups is 1. The van der Waals surface area contributed by atoms with Crippen LogP contribution in [0.3, 0.4) is 0 Å². The normalized spacial score (nSPS) is 9.95. The van der Waals surface area contributed by atoms with Crippen molar-refractivity contribution < 1.29 is 9.18 Å². The van der Waals surface area contributed by atoms with Gasteiger partial charge in [0.05, 0.1) is 17.3 Å². The Bertz CT molecular complexity index is 740. The highest BCUT2D eigenvalue weighted by Crippen LogP contribution is 2.21. The molecule has 0 bridgehead atoms. The van der Waals surface area contributed by atoms with Crippen LogP contribution in [-0.4, -0.2) is 5.91 Å². The summed E-state index contributed by atoms with van der Waals surface area (Å²) in [6, 6.07) is 10.7. The van der Waals surface area contributed by atoms with Crippen LogP contribution in [0, 0.1) is 17.1 Å². The Balaban J connectivity index is 2.13. The summed E-state index contributed by atoms with van der Waals surface area (Å²) < 4.78 is 13.7. The van der Waals surface area contributed by atoms with Crippen molar-refractivity contribution in [2.75, 3.05) is 5.32 Å². The molecule has 6 heteroatoms. The maximum atomic E-state index is 13.7. The number of rotatable bonds is 4. The van der Waals surface area contributed by atoms with E-state index in [1.54, 1.807) is 12.1 Å². The molecule has 106 valence electrons. The van der Waals surface area contributed by atoms with Gasteiger partial charge in [-0.25, -0.2) is 4.39 Å². The van der Waals surface area contributed by atoms with Crippen LogP contribution in [0.25, 0.3) is 0 Å². The first kappa shape index (κ1) is 14.8. The molecule has 21 heavy (non-hydrogen) atoms. The molecular formula is C15H11ClFN3O. The molecule has 0 aromatic heterocycles. The molecule has 0 aliphatic carbocycles. The van der Waals surface area contributed by atoms with E-state index < -0.39 is 11.7 Å². The van der Waals surface area contributed by atoms with Crippen LogP contribution in [0.5, 0.6) is 0 Å². The van der Waals surface area contributed by atoms with Crippen molar-refractivity contribution in [3.63, 3.8) is 0 Å². The maximum Gasteiger partial charge on any atom is 0.248 e. The largest absolute Gasteiger partial charge is 0.379 e. The lowest BCUT2D eigenvalue weighted by atomic mass is 10.1. The first-order valence-corrected chi connectivity index (χ1v) is 6.41. The third kappa shape index (κ3) is 3.50. The first-order valence-electron chi connectivity index (χ1n) is 6.03. The topological polar surface area (TPSA) is 78.9 Å². The highest BCUT2D eigenvalue weighted by molar-refractivity contribution is 6.31. The SMILES string of the molecule is N#Cc1ccc(NCc2ccc(C(N)=O)cc2Cl)c(F)c1. The minimum absolute atomic E-state index is 0.252. The van der Waals surface area contributed by atoms with Gasteiger partial charge >= 0.3 is 0 Å². The van der Waals surface area contributed by atoms with Crippen molar-refractivity contribution in [3.05, 3.63) is 63.9 Å². The molecule has 3 N–H and O–H groups in total. The Morgan fingerprint density at radius 3 is 2.67 bits per heavy atom. The summed E-state index contributed by atoms with van der Waals surface area (Å²) in [6.45, 7) is 0.278. The first-order chi connectivity index (χ1) is 10.0. The van der Waals surface area contributed by atoms with Crippen molar-refractivity contribution in [1.82, 2.24) is 0 Å². The van der Waals surface area contributed by atoms with E-state index in [-0.39, 0.29) is 17.8 Å². The van der Waals surface area contributed by atoms with E-state index in [0.717, 1.165) is 6.07 Å². The van der Waals surface area contributed by atoms with Crippen LogP contribution in [0.2, 0.25) is 5.02 Å². The predicted octanol–water partition coefficient (Wildman–Crippen LogP) is 3.06. The molecule has 0 spiro atoms. The van der Waals surface area contributed by atoms with Gasteiger partial charge in [0.15, 0.2) is 0 Å². The zero-order chi connectivity index (χ0) is 15.4. The minimum atomic E-state index is -0.561. The van der Waals surface area contributed by atoms with Gasteiger partial charge in [0.1, 0.15) is 5.82 Å². The maximum absolute atomic E-state index is 13.7. The van der Waals surface area contributed by atoms with E-state index in [9.17, 15) is 9.18 Å². The summed E-state index contributed by atoms with van der Waals surface area (Å²) in [5.74, 6) is -1.08. The molecule has 0 saturated carbocycles. The van der Waals surface area contributed by atoms with Crippen LogP contribution in [0.4, 0.5) is 10.1 Å². The lowest BCUT2D eigenvalue weighted by molar-refractivity contribution is 0.100. The fraction of sp³-hybridized carbons (Fsp3) is 0.0667. The molecule has 0 saturated heterocycles. The molecule has 0 heterocycles. The molecule has 0 atom stereocenters. The van der Waals surface area contributed by atoms with Crippen LogP contribution in [0.15, 0.2) is 36.4 Å². The smallest absolute Gasteiger partial charge is 0.248 e. The lowest BCUT2D eigenvalue weighted by Gasteiger charge is -2.10. The molecule has 2 aromatic carbocycles. The Morgan fingerprint density at radius 1 is 1.33 bits per heavy atom. The van der Waals surface area contributed by atoms with Gasteiger partial charge in [0.25, 0.3) is 0 Å². The summed E-state index contributed by atoms with van der Waals surface area (Å²) >= 11 is 6.04. The summed E-state index contributed by atoms with van der Waals surface area (Å²) in [7, 11) is 0. The molecule has 0 unspecified atom stereocenters. The number of anilines is 1. The van der Waals surface area contributed by atoms with Gasteiger partial charge in [-0.15, -0.1) is 0 Å². The van der Waals surface area contributed by atoms with E-state index >= 15 is 0 Å². The molecule has 0 aliphatic heterocycles. The number of amides is 1. The van der Waals surface area contributed by atoms with Gasteiger partial charge in [-0.05, 0) is 35.9 Å². The van der Waals surface area contributed by atoms with Crippen LogP contribution >= 0.6 is 11.6 Å². The number of hydrogen-bond acceptors (Lipinski definition) is 3. The van der Waals surface area contributed by atoms with Crippen molar-refractivity contribution in [3.8, 4) is 6.07 Å². The summed E-state index contributed by atoms with van der Waals surface area (Å²) in [5.41, 5.74) is 6.69. The monoisotopic (exact) mass is 303 g/mol.